The third kappa shape index (κ3) is 3.20. The molecule has 0 radical (unpaired) electrons. The maximum absolute atomic E-state index is 12.7. The van der Waals surface area contributed by atoms with E-state index >= 15 is 0 Å². The molecule has 3 aliphatic rings. The lowest BCUT2D eigenvalue weighted by atomic mass is 10.0. The van der Waals surface area contributed by atoms with Crippen LogP contribution >= 0.6 is 0 Å². The van der Waals surface area contributed by atoms with Crippen molar-refractivity contribution in [2.24, 2.45) is 0 Å². The van der Waals surface area contributed by atoms with Gasteiger partial charge in [0.15, 0.2) is 6.23 Å². The van der Waals surface area contributed by atoms with Crippen molar-refractivity contribution in [2.45, 2.75) is 12.8 Å². The summed E-state index contributed by atoms with van der Waals surface area (Å²) >= 11 is 0. The number of benzene rings is 1. The summed E-state index contributed by atoms with van der Waals surface area (Å²) in [7, 11) is 0. The first-order chi connectivity index (χ1) is 15.8. The Balaban J connectivity index is 1.28. The summed E-state index contributed by atoms with van der Waals surface area (Å²) in [6.45, 7) is 3.61. The quantitative estimate of drug-likeness (QED) is 0.591. The van der Waals surface area contributed by atoms with E-state index in [0.29, 0.717) is 17.8 Å². The molecule has 162 valence electrons. The van der Waals surface area contributed by atoms with Crippen LogP contribution in [0.25, 0.3) is 22.2 Å². The zero-order chi connectivity index (χ0) is 21.5. The Hall–Kier alpha value is -3.78. The van der Waals surface area contributed by atoms with Crippen LogP contribution in [-0.2, 0) is 16.0 Å². The summed E-state index contributed by atoms with van der Waals surface area (Å²) in [5, 5.41) is 7.35. The van der Waals surface area contributed by atoms with E-state index in [1.54, 1.807) is 12.5 Å². The van der Waals surface area contributed by atoms with Crippen molar-refractivity contribution >= 4 is 22.5 Å². The number of para-hydroxylation sites is 1. The Morgan fingerprint density at radius 3 is 2.91 bits per heavy atom. The SMILES string of the molecule is O=C1NCc2c(-c3c[nH]c4ccccc34)ncc(NC3C=CC(N4CCOCC4)=CO3)c21. The minimum atomic E-state index is -0.377. The Bertz CT molecular complexity index is 1260. The molecule has 1 amide bonds. The van der Waals surface area contributed by atoms with Crippen LogP contribution in [0.1, 0.15) is 15.9 Å². The van der Waals surface area contributed by atoms with E-state index in [1.165, 1.54) is 0 Å². The van der Waals surface area contributed by atoms with Gasteiger partial charge in [-0.1, -0.05) is 18.2 Å². The second-order valence-electron chi connectivity index (χ2n) is 8.01. The summed E-state index contributed by atoms with van der Waals surface area (Å²) in [6.07, 6.45) is 9.06. The summed E-state index contributed by atoms with van der Waals surface area (Å²) in [6, 6.07) is 8.09. The van der Waals surface area contributed by atoms with Gasteiger partial charge in [-0.15, -0.1) is 0 Å². The highest BCUT2D eigenvalue weighted by atomic mass is 16.5. The number of anilines is 1. The van der Waals surface area contributed by atoms with Crippen LogP contribution in [0.2, 0.25) is 0 Å². The fourth-order valence-electron chi connectivity index (χ4n) is 4.50. The number of amides is 1. The van der Waals surface area contributed by atoms with Gasteiger partial charge in [-0.3, -0.25) is 9.78 Å². The number of ether oxygens (including phenoxy) is 2. The van der Waals surface area contributed by atoms with Crippen LogP contribution in [-0.4, -0.2) is 53.3 Å². The molecule has 0 saturated carbocycles. The summed E-state index contributed by atoms with van der Waals surface area (Å²) in [5.41, 5.74) is 6.07. The number of aromatic nitrogens is 2. The smallest absolute Gasteiger partial charge is 0.254 e. The summed E-state index contributed by atoms with van der Waals surface area (Å²) in [5.74, 6) is -0.102. The van der Waals surface area contributed by atoms with Gasteiger partial charge in [0, 0.05) is 47.9 Å². The zero-order valence-electron chi connectivity index (χ0n) is 17.4. The molecule has 5 heterocycles. The number of nitrogens with zero attached hydrogens (tertiary/aromatic N) is 2. The lowest BCUT2D eigenvalue weighted by Gasteiger charge is -2.31. The number of morpholine rings is 1. The van der Waals surface area contributed by atoms with Crippen LogP contribution in [0.15, 0.2) is 60.8 Å². The molecule has 32 heavy (non-hydrogen) atoms. The number of aromatic amines is 1. The first kappa shape index (κ1) is 18.9. The molecule has 2 aromatic heterocycles. The van der Waals surface area contributed by atoms with E-state index in [0.717, 1.165) is 59.7 Å². The molecule has 1 saturated heterocycles. The highest BCUT2D eigenvalue weighted by Gasteiger charge is 2.29. The molecule has 3 aliphatic heterocycles. The molecule has 1 atom stereocenters. The highest BCUT2D eigenvalue weighted by molar-refractivity contribution is 6.06. The molecule has 1 unspecified atom stereocenters. The third-order valence-corrected chi connectivity index (χ3v) is 6.13. The number of fused-ring (bicyclic) bond motifs is 2. The number of rotatable bonds is 4. The predicted octanol–water partition coefficient (Wildman–Crippen LogP) is 2.97. The molecule has 1 aromatic carbocycles. The van der Waals surface area contributed by atoms with Crippen LogP contribution in [0.4, 0.5) is 5.69 Å². The van der Waals surface area contributed by atoms with Crippen molar-refractivity contribution in [1.29, 1.82) is 0 Å². The molecule has 1 fully saturated rings. The fraction of sp³-hybridized carbons (Fsp3) is 0.250. The van der Waals surface area contributed by atoms with E-state index in [2.05, 4.69) is 26.6 Å². The number of H-pyrrole nitrogens is 1. The van der Waals surface area contributed by atoms with Gasteiger partial charge >= 0.3 is 0 Å². The minimum Gasteiger partial charge on any atom is -0.473 e. The van der Waals surface area contributed by atoms with Gasteiger partial charge in [0.25, 0.3) is 5.91 Å². The lowest BCUT2D eigenvalue weighted by molar-refractivity contribution is 0.0520. The molecule has 0 spiro atoms. The molecule has 0 bridgehead atoms. The molecule has 3 N–H and O–H groups in total. The van der Waals surface area contributed by atoms with Gasteiger partial charge in [-0.05, 0) is 18.2 Å². The topological polar surface area (TPSA) is 91.5 Å². The second-order valence-corrected chi connectivity index (χ2v) is 8.01. The Labute approximate surface area is 184 Å². The van der Waals surface area contributed by atoms with E-state index in [4.69, 9.17) is 14.5 Å². The second kappa shape index (κ2) is 7.72. The molecular weight excluding hydrogens is 406 g/mol. The Kier molecular flexibility index (Phi) is 4.57. The number of nitrogens with one attached hydrogen (secondary N) is 3. The Morgan fingerprint density at radius 2 is 2.06 bits per heavy atom. The molecule has 8 nitrogen and oxygen atoms in total. The molecular formula is C24H23N5O3. The van der Waals surface area contributed by atoms with Gasteiger partial charge in [0.1, 0.15) is 6.26 Å². The average Bonchev–Trinajstić information content (AvgIpc) is 3.45. The summed E-state index contributed by atoms with van der Waals surface area (Å²) in [4.78, 5) is 23.0. The van der Waals surface area contributed by atoms with Gasteiger partial charge in [-0.2, -0.15) is 0 Å². The van der Waals surface area contributed by atoms with Crippen LogP contribution < -0.4 is 10.6 Å². The number of carbonyl (C=O) groups is 1. The van der Waals surface area contributed by atoms with Gasteiger partial charge in [0.2, 0.25) is 0 Å². The van der Waals surface area contributed by atoms with Crippen molar-refractivity contribution in [1.82, 2.24) is 20.2 Å². The zero-order valence-corrected chi connectivity index (χ0v) is 17.4. The maximum atomic E-state index is 12.7. The van der Waals surface area contributed by atoms with E-state index in [-0.39, 0.29) is 12.1 Å². The number of allylic oxidation sites excluding steroid dienone is 1. The molecule has 3 aromatic rings. The Morgan fingerprint density at radius 1 is 1.19 bits per heavy atom. The third-order valence-electron chi connectivity index (χ3n) is 6.13. The van der Waals surface area contributed by atoms with Crippen LogP contribution in [0.3, 0.4) is 0 Å². The van der Waals surface area contributed by atoms with E-state index in [9.17, 15) is 4.79 Å². The van der Waals surface area contributed by atoms with E-state index < -0.39 is 0 Å². The predicted molar refractivity (Wildman–Crippen MR) is 121 cm³/mol. The van der Waals surface area contributed by atoms with Crippen LogP contribution in [0, 0.1) is 0 Å². The maximum Gasteiger partial charge on any atom is 0.254 e. The van der Waals surface area contributed by atoms with Crippen LogP contribution in [0.5, 0.6) is 0 Å². The average molecular weight is 429 g/mol. The number of hydrogen-bond donors (Lipinski definition) is 3. The van der Waals surface area contributed by atoms with Crippen molar-refractivity contribution < 1.29 is 14.3 Å². The van der Waals surface area contributed by atoms with Gasteiger partial charge in [-0.25, -0.2) is 0 Å². The van der Waals surface area contributed by atoms with Crippen molar-refractivity contribution in [3.63, 3.8) is 0 Å². The van der Waals surface area contributed by atoms with Crippen molar-refractivity contribution in [3.8, 4) is 11.3 Å². The largest absolute Gasteiger partial charge is 0.473 e. The van der Waals surface area contributed by atoms with Crippen molar-refractivity contribution in [2.75, 3.05) is 31.6 Å². The molecule has 6 rings (SSSR count). The number of hydrogen-bond acceptors (Lipinski definition) is 6. The van der Waals surface area contributed by atoms with Gasteiger partial charge in [0.05, 0.1) is 42.1 Å². The van der Waals surface area contributed by atoms with Gasteiger partial charge < -0.3 is 30.0 Å². The lowest BCUT2D eigenvalue weighted by Crippen LogP contribution is -2.36. The van der Waals surface area contributed by atoms with Crippen molar-refractivity contribution in [3.05, 3.63) is 71.9 Å². The monoisotopic (exact) mass is 429 g/mol. The van der Waals surface area contributed by atoms with E-state index in [1.807, 2.05) is 36.5 Å². The fourth-order valence-corrected chi connectivity index (χ4v) is 4.50. The first-order valence-electron chi connectivity index (χ1n) is 10.8. The first-order valence-corrected chi connectivity index (χ1v) is 10.8. The minimum absolute atomic E-state index is 0.102. The highest BCUT2D eigenvalue weighted by Crippen LogP contribution is 2.35. The molecule has 0 aliphatic carbocycles. The summed E-state index contributed by atoms with van der Waals surface area (Å²) < 4.78 is 11.3. The normalized spacial score (nSPS) is 20.0. The number of pyridine rings is 1. The standard InChI is InChI=1S/C24H23N5O3/c30-24-22-18(12-27-24)23(17-11-25-19-4-2-1-3-16(17)19)26-13-20(22)28-21-6-5-15(14-32-21)29-7-9-31-10-8-29/h1-6,11,13-14,21,25,28H,7-10,12H2,(H,27,30). The number of carbonyl (C=O) groups excluding carboxylic acids is 1. The molecule has 8 heteroatoms.